The number of fused-ring (bicyclic) bond motifs is 11. The van der Waals surface area contributed by atoms with E-state index in [0.29, 0.717) is 0 Å². The van der Waals surface area contributed by atoms with Gasteiger partial charge in [0.2, 0.25) is 5.95 Å². The van der Waals surface area contributed by atoms with Crippen LogP contribution in [0.5, 0.6) is 0 Å². The fourth-order valence-corrected chi connectivity index (χ4v) is 7.89. The summed E-state index contributed by atoms with van der Waals surface area (Å²) < 4.78 is 2.28. The Morgan fingerprint density at radius 3 is 2.21 bits per heavy atom. The van der Waals surface area contributed by atoms with E-state index in [2.05, 4.69) is 134 Å². The molecule has 0 saturated carbocycles. The van der Waals surface area contributed by atoms with Crippen molar-refractivity contribution >= 4 is 43.5 Å². The van der Waals surface area contributed by atoms with Crippen LogP contribution < -0.4 is 0 Å². The highest BCUT2D eigenvalue weighted by Gasteiger charge is 2.38. The molecule has 0 spiro atoms. The topological polar surface area (TPSA) is 30.7 Å². The summed E-state index contributed by atoms with van der Waals surface area (Å²) in [6, 6.07) is 41.9. The molecule has 3 heteroatoms. The molecule has 0 aliphatic heterocycles. The lowest BCUT2D eigenvalue weighted by atomic mass is 9.80. The second-order valence-electron chi connectivity index (χ2n) is 12.2. The number of aromatic nitrogens is 3. The van der Waals surface area contributed by atoms with Crippen molar-refractivity contribution in [2.24, 2.45) is 0 Å². The minimum atomic E-state index is -0.146. The van der Waals surface area contributed by atoms with Gasteiger partial charge in [-0.15, -0.1) is 0 Å². The van der Waals surface area contributed by atoms with Crippen LogP contribution in [0.2, 0.25) is 0 Å². The van der Waals surface area contributed by atoms with Crippen molar-refractivity contribution in [1.82, 2.24) is 14.5 Å². The summed E-state index contributed by atoms with van der Waals surface area (Å²) in [7, 11) is 0. The van der Waals surface area contributed by atoms with Crippen molar-refractivity contribution in [1.29, 1.82) is 0 Å². The van der Waals surface area contributed by atoms with Crippen LogP contribution in [-0.2, 0) is 5.41 Å². The highest BCUT2D eigenvalue weighted by Crippen LogP contribution is 2.53. The van der Waals surface area contributed by atoms with E-state index in [-0.39, 0.29) is 5.41 Å². The third-order valence-corrected chi connectivity index (χ3v) is 9.71. The highest BCUT2D eigenvalue weighted by molar-refractivity contribution is 6.14. The van der Waals surface area contributed by atoms with E-state index in [4.69, 9.17) is 9.97 Å². The van der Waals surface area contributed by atoms with Crippen molar-refractivity contribution < 1.29 is 0 Å². The fourth-order valence-electron chi connectivity index (χ4n) is 7.89. The van der Waals surface area contributed by atoms with Crippen molar-refractivity contribution in [2.45, 2.75) is 19.3 Å². The van der Waals surface area contributed by atoms with E-state index in [1.807, 2.05) is 0 Å². The van der Waals surface area contributed by atoms with Crippen LogP contribution in [0.15, 0.2) is 115 Å². The van der Waals surface area contributed by atoms with E-state index < -0.39 is 0 Å². The average molecular weight is 536 g/mol. The molecule has 0 N–H and O–H groups in total. The smallest absolute Gasteiger partial charge is 0.235 e. The average Bonchev–Trinajstić information content (AvgIpc) is 3.61. The Kier molecular flexibility index (Phi) is 4.01. The maximum Gasteiger partial charge on any atom is 0.235 e. The Morgan fingerprint density at radius 2 is 1.31 bits per heavy atom. The molecule has 42 heavy (non-hydrogen) atoms. The van der Waals surface area contributed by atoms with Gasteiger partial charge in [0.25, 0.3) is 0 Å². The molecular formula is C39H25N3. The van der Waals surface area contributed by atoms with Crippen molar-refractivity contribution in [3.8, 4) is 39.5 Å². The standard InChI is InChI=1S/C39H25N3/c1-39(2)31-21-34-30(20-29(31)27-19-18-22-10-3-4-11-23(22)36(27)39)25-13-7-8-17-33(25)42(34)38-40-32-16-9-15-26-24-12-5-6-14-28(24)37(41-38)35(26)32/h3-21H,1-2H3. The lowest BCUT2D eigenvalue weighted by molar-refractivity contribution is 0.667. The molecule has 2 aliphatic rings. The second-order valence-corrected chi connectivity index (χ2v) is 12.2. The van der Waals surface area contributed by atoms with E-state index in [0.717, 1.165) is 33.6 Å². The van der Waals surface area contributed by atoms with Crippen LogP contribution in [0, 0.1) is 0 Å². The predicted octanol–water partition coefficient (Wildman–Crippen LogP) is 9.83. The summed E-state index contributed by atoms with van der Waals surface area (Å²) in [5.74, 6) is 0.719. The Morgan fingerprint density at radius 1 is 0.548 bits per heavy atom. The summed E-state index contributed by atoms with van der Waals surface area (Å²) in [6.07, 6.45) is 0. The SMILES string of the molecule is CC1(C)c2cc3c(cc2-c2ccc4ccccc4c21)c1ccccc1n3-c1nc2c3c(cccc3n1)-c1ccccc1-2. The van der Waals surface area contributed by atoms with E-state index in [1.54, 1.807) is 0 Å². The summed E-state index contributed by atoms with van der Waals surface area (Å²) >= 11 is 0. The van der Waals surface area contributed by atoms with Crippen LogP contribution in [0.3, 0.4) is 0 Å². The molecule has 2 aromatic heterocycles. The van der Waals surface area contributed by atoms with Crippen LogP contribution in [0.25, 0.3) is 82.9 Å². The largest absolute Gasteiger partial charge is 0.278 e. The molecule has 196 valence electrons. The molecular weight excluding hydrogens is 510 g/mol. The van der Waals surface area contributed by atoms with Gasteiger partial charge in [0.05, 0.1) is 22.2 Å². The van der Waals surface area contributed by atoms with Gasteiger partial charge in [-0.2, -0.15) is 0 Å². The number of hydrogen-bond acceptors (Lipinski definition) is 2. The maximum absolute atomic E-state index is 5.32. The van der Waals surface area contributed by atoms with E-state index in [9.17, 15) is 0 Å². The molecule has 8 aromatic rings. The molecule has 0 radical (unpaired) electrons. The third kappa shape index (κ3) is 2.62. The number of benzene rings is 6. The number of rotatable bonds is 1. The lowest BCUT2D eigenvalue weighted by Crippen LogP contribution is -2.15. The molecule has 2 aliphatic carbocycles. The molecule has 3 nitrogen and oxygen atoms in total. The highest BCUT2D eigenvalue weighted by atomic mass is 15.2. The minimum Gasteiger partial charge on any atom is -0.278 e. The van der Waals surface area contributed by atoms with Crippen molar-refractivity contribution in [3.05, 3.63) is 126 Å². The lowest BCUT2D eigenvalue weighted by Gasteiger charge is -2.23. The Labute approximate surface area is 242 Å². The van der Waals surface area contributed by atoms with Crippen LogP contribution in [0.4, 0.5) is 0 Å². The maximum atomic E-state index is 5.32. The van der Waals surface area contributed by atoms with Gasteiger partial charge < -0.3 is 0 Å². The molecule has 0 unspecified atom stereocenters. The van der Waals surface area contributed by atoms with Gasteiger partial charge in [0.1, 0.15) is 0 Å². The molecule has 2 heterocycles. The molecule has 0 saturated heterocycles. The zero-order valence-corrected chi connectivity index (χ0v) is 23.3. The number of nitrogens with zero attached hydrogens (tertiary/aromatic N) is 3. The van der Waals surface area contributed by atoms with Gasteiger partial charge in [0.15, 0.2) is 0 Å². The summed E-state index contributed by atoms with van der Waals surface area (Å²) in [5, 5.41) is 6.22. The molecule has 6 aromatic carbocycles. The van der Waals surface area contributed by atoms with Gasteiger partial charge >= 0.3 is 0 Å². The molecule has 0 fully saturated rings. The first kappa shape index (κ1) is 22.4. The molecule has 0 bridgehead atoms. The molecule has 10 rings (SSSR count). The zero-order valence-electron chi connectivity index (χ0n) is 23.3. The first-order valence-corrected chi connectivity index (χ1v) is 14.6. The monoisotopic (exact) mass is 535 g/mol. The van der Waals surface area contributed by atoms with E-state index in [1.165, 1.54) is 60.5 Å². The summed E-state index contributed by atoms with van der Waals surface area (Å²) in [6.45, 7) is 4.74. The Bertz CT molecular complexity index is 2500. The quantitative estimate of drug-likeness (QED) is 0.209. The number of para-hydroxylation sites is 1. The van der Waals surface area contributed by atoms with E-state index >= 15 is 0 Å². The predicted molar refractivity (Wildman–Crippen MR) is 173 cm³/mol. The zero-order chi connectivity index (χ0) is 27.7. The van der Waals surface area contributed by atoms with Gasteiger partial charge in [-0.3, -0.25) is 4.57 Å². The van der Waals surface area contributed by atoms with Crippen LogP contribution >= 0.6 is 0 Å². The molecule has 0 atom stereocenters. The van der Waals surface area contributed by atoms with Gasteiger partial charge in [-0.1, -0.05) is 105 Å². The fraction of sp³-hybridized carbons (Fsp3) is 0.0769. The molecule has 0 amide bonds. The number of hydrogen-bond donors (Lipinski definition) is 0. The van der Waals surface area contributed by atoms with Crippen molar-refractivity contribution in [3.63, 3.8) is 0 Å². The van der Waals surface area contributed by atoms with Crippen LogP contribution in [0.1, 0.15) is 25.0 Å². The third-order valence-electron chi connectivity index (χ3n) is 9.71. The summed E-state index contributed by atoms with van der Waals surface area (Å²) in [5.41, 5.74) is 13.2. The first-order chi connectivity index (χ1) is 20.6. The normalized spacial score (nSPS) is 14.1. The first-order valence-electron chi connectivity index (χ1n) is 14.6. The van der Waals surface area contributed by atoms with Crippen molar-refractivity contribution in [2.75, 3.05) is 0 Å². The second kappa shape index (κ2) is 7.51. The van der Waals surface area contributed by atoms with Gasteiger partial charge in [-0.25, -0.2) is 9.97 Å². The minimum absolute atomic E-state index is 0.146. The van der Waals surface area contributed by atoms with Gasteiger partial charge in [0, 0.05) is 27.1 Å². The summed E-state index contributed by atoms with van der Waals surface area (Å²) in [4.78, 5) is 10.5. The Balaban J connectivity index is 1.31. The van der Waals surface area contributed by atoms with Crippen LogP contribution in [-0.4, -0.2) is 14.5 Å². The van der Waals surface area contributed by atoms with Gasteiger partial charge in [-0.05, 0) is 68.4 Å². The Hall–Kier alpha value is -5.28.